The molecule has 1 fully saturated rings. The Hall–Kier alpha value is -2.87. The van der Waals surface area contributed by atoms with E-state index in [-0.39, 0.29) is 5.82 Å². The van der Waals surface area contributed by atoms with E-state index in [9.17, 15) is 14.0 Å². The SMILES string of the molecule is CCCC[C@H]1CN(c2cc(F)cc3ccoc23)CCN1.O=C(O)/C=C/C(=O)O. The van der Waals surface area contributed by atoms with Crippen molar-refractivity contribution >= 4 is 28.6 Å². The van der Waals surface area contributed by atoms with Crippen LogP contribution in [0.25, 0.3) is 11.0 Å². The number of carboxylic acid groups (broad SMARTS) is 2. The van der Waals surface area contributed by atoms with Crippen molar-refractivity contribution in [2.45, 2.75) is 32.2 Å². The van der Waals surface area contributed by atoms with Gasteiger partial charge in [0.15, 0.2) is 5.58 Å². The summed E-state index contributed by atoms with van der Waals surface area (Å²) in [4.78, 5) is 21.3. The van der Waals surface area contributed by atoms with Crippen molar-refractivity contribution < 1.29 is 28.6 Å². The molecule has 1 atom stereocenters. The van der Waals surface area contributed by atoms with Gasteiger partial charge in [0.2, 0.25) is 0 Å². The second-order valence-corrected chi connectivity index (χ2v) is 6.51. The Labute approximate surface area is 162 Å². The van der Waals surface area contributed by atoms with Gasteiger partial charge in [-0.3, -0.25) is 0 Å². The number of furan rings is 1. The number of piperazine rings is 1. The Bertz CT molecular complexity index is 817. The second kappa shape index (κ2) is 10.5. The predicted octanol–water partition coefficient (Wildman–Crippen LogP) is 3.25. The highest BCUT2D eigenvalue weighted by Gasteiger charge is 2.22. The van der Waals surface area contributed by atoms with Crippen LogP contribution in [0.15, 0.2) is 41.0 Å². The first-order valence-electron chi connectivity index (χ1n) is 9.19. The van der Waals surface area contributed by atoms with E-state index in [0.29, 0.717) is 18.2 Å². The van der Waals surface area contributed by atoms with Gasteiger partial charge in [0, 0.05) is 49.3 Å². The fraction of sp³-hybridized carbons (Fsp3) is 0.400. The van der Waals surface area contributed by atoms with Gasteiger partial charge in [-0.25, -0.2) is 14.0 Å². The molecule has 0 unspecified atom stereocenters. The first-order chi connectivity index (χ1) is 13.4. The number of aliphatic carboxylic acids is 2. The predicted molar refractivity (Wildman–Crippen MR) is 104 cm³/mol. The van der Waals surface area contributed by atoms with Gasteiger partial charge in [0.05, 0.1) is 12.0 Å². The third kappa shape index (κ3) is 6.38. The highest BCUT2D eigenvalue weighted by Crippen LogP contribution is 2.30. The zero-order valence-corrected chi connectivity index (χ0v) is 15.7. The van der Waals surface area contributed by atoms with Gasteiger partial charge in [-0.2, -0.15) is 0 Å². The number of unbranched alkanes of at least 4 members (excludes halogenated alkanes) is 1. The lowest BCUT2D eigenvalue weighted by Gasteiger charge is -2.35. The number of benzene rings is 1. The molecule has 2 aromatic rings. The largest absolute Gasteiger partial charge is 0.478 e. The van der Waals surface area contributed by atoms with Crippen LogP contribution < -0.4 is 10.2 Å². The van der Waals surface area contributed by atoms with Crippen molar-refractivity contribution in [2.75, 3.05) is 24.5 Å². The summed E-state index contributed by atoms with van der Waals surface area (Å²) in [5, 5.41) is 20.0. The fourth-order valence-corrected chi connectivity index (χ4v) is 3.09. The summed E-state index contributed by atoms with van der Waals surface area (Å²) >= 11 is 0. The number of nitrogens with one attached hydrogen (secondary N) is 1. The summed E-state index contributed by atoms with van der Waals surface area (Å²) < 4.78 is 19.3. The van der Waals surface area contributed by atoms with Crippen LogP contribution in [0.3, 0.4) is 0 Å². The third-order valence-corrected chi connectivity index (χ3v) is 4.37. The molecule has 3 N–H and O–H groups in total. The van der Waals surface area contributed by atoms with Gasteiger partial charge in [0.25, 0.3) is 0 Å². The lowest BCUT2D eigenvalue weighted by molar-refractivity contribution is -0.134. The van der Waals surface area contributed by atoms with Crippen LogP contribution >= 0.6 is 0 Å². The standard InChI is InChI=1S/C16H21FN2O.C4H4O4/c1-2-3-4-14-11-19(7-6-18-14)15-10-13(17)9-12-5-8-20-16(12)15;5-3(6)1-2-4(7)8/h5,8-10,14,18H,2-4,6-7,11H2,1H3;1-2H,(H,5,6)(H,7,8)/b;2-1+/t14-;/m0./s1. The fourth-order valence-electron chi connectivity index (χ4n) is 3.09. The van der Waals surface area contributed by atoms with Crippen molar-refractivity contribution in [1.29, 1.82) is 0 Å². The summed E-state index contributed by atoms with van der Waals surface area (Å²) in [5.41, 5.74) is 1.68. The Morgan fingerprint density at radius 1 is 1.32 bits per heavy atom. The van der Waals surface area contributed by atoms with Crippen molar-refractivity contribution in [1.82, 2.24) is 5.32 Å². The Kier molecular flexibility index (Phi) is 8.01. The molecule has 1 aliphatic heterocycles. The highest BCUT2D eigenvalue weighted by atomic mass is 19.1. The van der Waals surface area contributed by atoms with Crippen molar-refractivity contribution in [3.63, 3.8) is 0 Å². The molecule has 0 amide bonds. The van der Waals surface area contributed by atoms with Crippen molar-refractivity contribution in [2.24, 2.45) is 0 Å². The Morgan fingerprint density at radius 3 is 2.68 bits per heavy atom. The van der Waals surface area contributed by atoms with Crippen molar-refractivity contribution in [3.05, 3.63) is 42.4 Å². The quantitative estimate of drug-likeness (QED) is 0.649. The zero-order valence-electron chi connectivity index (χ0n) is 15.7. The summed E-state index contributed by atoms with van der Waals surface area (Å²) in [5.74, 6) is -2.71. The number of halogens is 1. The number of anilines is 1. The topological polar surface area (TPSA) is 103 Å². The lowest BCUT2D eigenvalue weighted by atomic mass is 10.1. The van der Waals surface area contributed by atoms with Gasteiger partial charge in [-0.15, -0.1) is 0 Å². The van der Waals surface area contributed by atoms with E-state index >= 15 is 0 Å². The van der Waals surface area contributed by atoms with Crippen molar-refractivity contribution in [3.8, 4) is 0 Å². The number of hydrogen-bond acceptors (Lipinski definition) is 5. The van der Waals surface area contributed by atoms with Crippen LogP contribution in [0.5, 0.6) is 0 Å². The molecule has 1 aromatic carbocycles. The maximum absolute atomic E-state index is 13.7. The maximum Gasteiger partial charge on any atom is 0.328 e. The van der Waals surface area contributed by atoms with Gasteiger partial charge in [0.1, 0.15) is 5.82 Å². The van der Waals surface area contributed by atoms with Crippen LogP contribution in [0.2, 0.25) is 0 Å². The smallest absolute Gasteiger partial charge is 0.328 e. The van der Waals surface area contributed by atoms with Crippen LogP contribution in [-0.4, -0.2) is 47.8 Å². The first kappa shape index (κ1) is 21.4. The second-order valence-electron chi connectivity index (χ2n) is 6.51. The number of carboxylic acids is 2. The number of rotatable bonds is 6. The van der Waals surface area contributed by atoms with Gasteiger partial charge < -0.3 is 24.8 Å². The molecule has 1 aromatic heterocycles. The molecule has 1 aliphatic rings. The van der Waals surface area contributed by atoms with Crippen LogP contribution in [0.4, 0.5) is 10.1 Å². The van der Waals surface area contributed by atoms with E-state index in [1.807, 2.05) is 6.07 Å². The normalized spacial score (nSPS) is 16.8. The highest BCUT2D eigenvalue weighted by molar-refractivity contribution is 5.90. The molecule has 3 rings (SSSR count). The van der Waals surface area contributed by atoms with E-state index < -0.39 is 11.9 Å². The number of hydrogen-bond donors (Lipinski definition) is 3. The first-order valence-corrected chi connectivity index (χ1v) is 9.19. The summed E-state index contributed by atoms with van der Waals surface area (Å²) in [6.45, 7) is 4.95. The molecule has 7 nitrogen and oxygen atoms in total. The molecule has 8 heteroatoms. The van der Waals surface area contributed by atoms with E-state index in [1.54, 1.807) is 12.3 Å². The minimum atomic E-state index is -1.26. The minimum Gasteiger partial charge on any atom is -0.478 e. The van der Waals surface area contributed by atoms with E-state index in [0.717, 1.165) is 36.3 Å². The molecule has 0 bridgehead atoms. The van der Waals surface area contributed by atoms with Crippen LogP contribution in [0.1, 0.15) is 26.2 Å². The minimum absolute atomic E-state index is 0.197. The number of fused-ring (bicyclic) bond motifs is 1. The number of nitrogens with zero attached hydrogens (tertiary/aromatic N) is 1. The molecule has 152 valence electrons. The summed E-state index contributed by atoms with van der Waals surface area (Å²) in [7, 11) is 0. The lowest BCUT2D eigenvalue weighted by Crippen LogP contribution is -2.50. The van der Waals surface area contributed by atoms with E-state index in [2.05, 4.69) is 17.1 Å². The molecule has 2 heterocycles. The van der Waals surface area contributed by atoms with Gasteiger partial charge >= 0.3 is 11.9 Å². The molecule has 0 spiro atoms. The molecule has 1 saturated heterocycles. The summed E-state index contributed by atoms with van der Waals surface area (Å²) in [6.07, 6.45) is 6.35. The van der Waals surface area contributed by atoms with Gasteiger partial charge in [-0.05, 0) is 18.6 Å². The Morgan fingerprint density at radius 2 is 2.04 bits per heavy atom. The maximum atomic E-state index is 13.7. The molecule has 0 aliphatic carbocycles. The average molecular weight is 392 g/mol. The summed E-state index contributed by atoms with van der Waals surface area (Å²) in [6, 6.07) is 5.42. The molecule has 0 radical (unpaired) electrons. The molecule has 28 heavy (non-hydrogen) atoms. The Balaban J connectivity index is 0.000000300. The zero-order chi connectivity index (χ0) is 20.5. The van der Waals surface area contributed by atoms with Gasteiger partial charge in [-0.1, -0.05) is 19.8 Å². The van der Waals surface area contributed by atoms with E-state index in [1.165, 1.54) is 25.3 Å². The van der Waals surface area contributed by atoms with Crippen LogP contribution in [0, 0.1) is 5.82 Å². The average Bonchev–Trinajstić information content (AvgIpc) is 3.13. The molecule has 0 saturated carbocycles. The van der Waals surface area contributed by atoms with E-state index in [4.69, 9.17) is 14.6 Å². The number of carbonyl (C=O) groups is 2. The van der Waals surface area contributed by atoms with Crippen LogP contribution in [-0.2, 0) is 9.59 Å². The third-order valence-electron chi connectivity index (χ3n) is 4.37. The molecular weight excluding hydrogens is 367 g/mol. The molecular formula is C20H25FN2O5. The monoisotopic (exact) mass is 392 g/mol.